The monoisotopic (exact) mass is 157 g/mol. The van der Waals surface area contributed by atoms with E-state index in [1.54, 1.807) is 0 Å². The van der Waals surface area contributed by atoms with Gasteiger partial charge in [-0.15, -0.1) is 0 Å². The van der Waals surface area contributed by atoms with Gasteiger partial charge in [-0.3, -0.25) is 0 Å². The van der Waals surface area contributed by atoms with E-state index in [9.17, 15) is 14.0 Å². The molecule has 0 radical (unpaired) electrons. The molecule has 7 nitrogen and oxygen atoms in total. The first kappa shape index (κ1) is 8.24. The fourth-order valence-electron chi connectivity index (χ4n) is 0.0821. The summed E-state index contributed by atoms with van der Waals surface area (Å²) in [4.78, 5) is 0. The second-order valence-electron chi connectivity index (χ2n) is 0.963. The van der Waals surface area contributed by atoms with E-state index < -0.39 is 16.2 Å². The Morgan fingerprint density at radius 2 is 1.78 bits per heavy atom. The maximum absolute atomic E-state index is 9.51. The fraction of sp³-hybridized carbons (Fsp3) is 0. The number of rotatable bonds is 2. The molecule has 0 heterocycles. The minimum absolute atomic E-state index is 0.637. The number of halogens is 1. The Morgan fingerprint density at radius 1 is 1.33 bits per heavy atom. The van der Waals surface area contributed by atoms with Gasteiger partial charge in [0.1, 0.15) is 5.16 Å². The highest BCUT2D eigenvalue weighted by molar-refractivity contribution is 5.74. The van der Waals surface area contributed by atoms with Crippen molar-refractivity contribution in [1.29, 1.82) is 0 Å². The van der Waals surface area contributed by atoms with Crippen LogP contribution in [0.1, 0.15) is 0 Å². The van der Waals surface area contributed by atoms with Crippen molar-refractivity contribution < 1.29 is 28.6 Å². The van der Waals surface area contributed by atoms with Crippen molar-refractivity contribution in [2.75, 3.05) is 0 Å². The molecule has 0 fully saturated rings. The molecular weight excluding hydrogens is 153 g/mol. The maximum atomic E-state index is 9.51. The molecule has 0 aromatic rings. The minimum atomic E-state index is -4.57. The summed E-state index contributed by atoms with van der Waals surface area (Å²) in [5, 5.41) is 2.46. The van der Waals surface area contributed by atoms with Gasteiger partial charge in [0.2, 0.25) is 5.96 Å². The van der Waals surface area contributed by atoms with E-state index in [-0.39, 0.29) is 0 Å². The van der Waals surface area contributed by atoms with Gasteiger partial charge in [0.05, 0.1) is 4.39 Å². The third kappa shape index (κ3) is 7.24. The fourth-order valence-corrected chi connectivity index (χ4v) is 0.246. The van der Waals surface area contributed by atoms with Crippen LogP contribution < -0.4 is 25.4 Å². The maximum Gasteiger partial charge on any atom is 0.244 e. The van der Waals surface area contributed by atoms with Crippen molar-refractivity contribution in [3.8, 4) is 0 Å². The zero-order valence-electron chi connectivity index (χ0n) is 4.11. The molecule has 0 rings (SSSR count). The summed E-state index contributed by atoms with van der Waals surface area (Å²) in [6.45, 7) is 0. The van der Waals surface area contributed by atoms with Crippen LogP contribution in [0.25, 0.3) is 0 Å². The van der Waals surface area contributed by atoms with Crippen molar-refractivity contribution in [2.24, 2.45) is 16.6 Å². The van der Waals surface area contributed by atoms with Gasteiger partial charge in [0, 0.05) is 0 Å². The molecule has 0 saturated heterocycles. The Bertz CT molecular complexity index is 113. The number of oxime groups is 1. The highest BCUT2D eigenvalue weighted by Gasteiger charge is 2.16. The molecule has 0 saturated carbocycles. The molecule has 0 unspecified atom stereocenters. The van der Waals surface area contributed by atoms with Crippen LogP contribution >= 0.6 is 0 Å². The number of nitrogens with two attached hydrogens (primary N) is 2. The summed E-state index contributed by atoms with van der Waals surface area (Å²) in [5.41, 5.74) is 9.19. The Balaban J connectivity index is 3.64. The van der Waals surface area contributed by atoms with Gasteiger partial charge in [-0.05, 0) is 0 Å². The second-order valence-corrected chi connectivity index (χ2v) is 1.86. The van der Waals surface area contributed by atoms with E-state index >= 15 is 0 Å². The lowest BCUT2D eigenvalue weighted by atomic mass is 11.1. The largest absolute Gasteiger partial charge is 0.367 e. The van der Waals surface area contributed by atoms with E-state index in [1.165, 1.54) is 0 Å². The van der Waals surface area contributed by atoms with Crippen LogP contribution in [-0.4, -0.2) is 5.96 Å². The average Bonchev–Trinajstić information content (AvgIpc) is 1.59. The van der Waals surface area contributed by atoms with Crippen molar-refractivity contribution >= 4 is 5.96 Å². The van der Waals surface area contributed by atoms with Gasteiger partial charge in [0.25, 0.3) is 0 Å². The van der Waals surface area contributed by atoms with E-state index in [2.05, 4.69) is 21.0 Å². The van der Waals surface area contributed by atoms with Crippen LogP contribution in [0.2, 0.25) is 0 Å². The van der Waals surface area contributed by atoms with Gasteiger partial charge in [-0.2, -0.15) is 14.0 Å². The lowest BCUT2D eigenvalue weighted by molar-refractivity contribution is -1.92. The van der Waals surface area contributed by atoms with Gasteiger partial charge in [0.15, 0.2) is 10.2 Å². The first-order chi connectivity index (χ1) is 3.92. The number of hydrogen-bond donors (Lipinski definition) is 2. The first-order valence-corrected chi connectivity index (χ1v) is 2.84. The molecule has 0 amide bonds. The third-order valence-corrected chi connectivity index (χ3v) is 0.462. The normalized spacial score (nSPS) is 10.6. The summed E-state index contributed by atoms with van der Waals surface area (Å²) in [6, 6.07) is 0. The average molecular weight is 158 g/mol. The zero-order valence-corrected chi connectivity index (χ0v) is 4.87. The Kier molecular flexibility index (Phi) is 2.46. The summed E-state index contributed by atoms with van der Waals surface area (Å²) < 4.78 is 31.8. The molecule has 0 aliphatic rings. The van der Waals surface area contributed by atoms with Crippen LogP contribution in [0.15, 0.2) is 5.16 Å². The molecule has 0 aromatic carbocycles. The Morgan fingerprint density at radius 3 is 1.89 bits per heavy atom. The molecule has 0 aromatic heterocycles. The van der Waals surface area contributed by atoms with E-state index in [4.69, 9.17) is 0 Å². The Hall–Kier alpha value is -0.760. The highest BCUT2D eigenvalue weighted by Crippen LogP contribution is 1.85. The third-order valence-electron chi connectivity index (χ3n) is 0.224. The van der Waals surface area contributed by atoms with Crippen molar-refractivity contribution in [3.05, 3.63) is 0 Å². The lowest BCUT2D eigenvalue weighted by Gasteiger charge is -2.06. The minimum Gasteiger partial charge on any atom is -0.367 e. The smallest absolute Gasteiger partial charge is 0.244 e. The van der Waals surface area contributed by atoms with E-state index in [0.717, 1.165) is 0 Å². The van der Waals surface area contributed by atoms with Gasteiger partial charge in [-0.1, -0.05) is 0 Å². The van der Waals surface area contributed by atoms with Gasteiger partial charge in [-0.25, -0.2) is 0 Å². The zero-order chi connectivity index (χ0) is 7.49. The van der Waals surface area contributed by atoms with Gasteiger partial charge >= 0.3 is 0 Å². The predicted molar refractivity (Wildman–Crippen MR) is 16.9 cm³/mol. The van der Waals surface area contributed by atoms with Crippen LogP contribution in [0.3, 0.4) is 0 Å². The Labute approximate surface area is 52.2 Å². The second kappa shape index (κ2) is 2.69. The lowest BCUT2D eigenvalue weighted by Crippen LogP contribution is -2.60. The summed E-state index contributed by atoms with van der Waals surface area (Å²) in [5.74, 6) is -0.637. The van der Waals surface area contributed by atoms with Crippen LogP contribution in [0, 0.1) is 10.2 Å². The highest BCUT2D eigenvalue weighted by atomic mass is 35.7. The van der Waals surface area contributed by atoms with Crippen molar-refractivity contribution in [1.82, 2.24) is 0 Å². The summed E-state index contributed by atoms with van der Waals surface area (Å²) in [7, 11) is -4.57. The van der Waals surface area contributed by atoms with E-state index in [0.29, 0.717) is 0 Å². The molecule has 0 aliphatic heterocycles. The molecule has 0 bridgehead atoms. The molecule has 4 N–H and O–H groups in total. The molecule has 54 valence electrons. The number of hydrogen-bond acceptors (Lipinski definition) is 5. The molecule has 9 heavy (non-hydrogen) atoms. The van der Waals surface area contributed by atoms with Crippen molar-refractivity contribution in [3.63, 3.8) is 0 Å². The molecule has 0 aliphatic carbocycles. The van der Waals surface area contributed by atoms with Crippen LogP contribution in [0.5, 0.6) is 0 Å². The topological polar surface area (TPSA) is 143 Å². The van der Waals surface area contributed by atoms with Crippen molar-refractivity contribution in [2.45, 2.75) is 0 Å². The van der Waals surface area contributed by atoms with E-state index in [1.807, 2.05) is 0 Å². The molecule has 0 atom stereocenters. The van der Waals surface area contributed by atoms with Gasteiger partial charge < -0.3 is 11.5 Å². The number of nitrogens with zero attached hydrogens (tertiary/aromatic N) is 1. The molecular formula is CH4ClN3O4. The molecule has 8 heteroatoms. The predicted octanol–water partition coefficient (Wildman–Crippen LogP) is -4.91. The van der Waals surface area contributed by atoms with Crippen LogP contribution in [0.4, 0.5) is 0 Å². The first-order valence-electron chi connectivity index (χ1n) is 1.60. The SMILES string of the molecule is NC(N)=NO[Cl+3]([O-])([O-])[O-]. The number of guanidine groups is 1. The standard InChI is InChI=1S/CH4ClN3O4/c3-1(4)5-9-2(6,7)8/h(H4,3,4,5). The quantitative estimate of drug-likeness (QED) is 0.234. The summed E-state index contributed by atoms with van der Waals surface area (Å²) >= 11 is 0. The van der Waals surface area contributed by atoms with Crippen LogP contribution in [-0.2, 0) is 4.39 Å². The summed E-state index contributed by atoms with van der Waals surface area (Å²) in [6.07, 6.45) is 0. The molecule has 0 spiro atoms.